The normalized spacial score (nSPS) is 18.6. The maximum Gasteiger partial charge on any atom is 0.321 e. The van der Waals surface area contributed by atoms with E-state index in [1.165, 1.54) is 7.11 Å². The Morgan fingerprint density at radius 1 is 1.37 bits per heavy atom. The van der Waals surface area contributed by atoms with Crippen LogP contribution in [0.1, 0.15) is 39.0 Å². The molecular formula is C12H20O6S. The van der Waals surface area contributed by atoms with Crippen molar-refractivity contribution in [2.24, 2.45) is 5.41 Å². The molecule has 0 aliphatic heterocycles. The molecule has 0 aromatic heterocycles. The fraction of sp³-hybridized carbons (Fsp3) is 0.833. The molecule has 1 rings (SSSR count). The van der Waals surface area contributed by atoms with Crippen molar-refractivity contribution in [3.63, 3.8) is 0 Å². The van der Waals surface area contributed by atoms with Crippen molar-refractivity contribution >= 4 is 21.8 Å². The van der Waals surface area contributed by atoms with E-state index in [-0.39, 0.29) is 18.6 Å². The van der Waals surface area contributed by atoms with Gasteiger partial charge in [-0.05, 0) is 24.7 Å². The second kappa shape index (κ2) is 5.90. The van der Waals surface area contributed by atoms with E-state index in [2.05, 4.69) is 4.74 Å². The Labute approximate surface area is 113 Å². The highest BCUT2D eigenvalue weighted by molar-refractivity contribution is 7.92. The van der Waals surface area contributed by atoms with Gasteiger partial charge in [-0.25, -0.2) is 8.42 Å². The Hall–Kier alpha value is -1.11. The first-order valence-corrected chi connectivity index (χ1v) is 7.99. The van der Waals surface area contributed by atoms with Crippen LogP contribution in [-0.2, 0) is 24.2 Å². The molecular weight excluding hydrogens is 272 g/mol. The Kier molecular flexibility index (Phi) is 4.95. The van der Waals surface area contributed by atoms with Gasteiger partial charge in [-0.3, -0.25) is 9.59 Å². The number of aliphatic carboxylic acids is 1. The first-order valence-electron chi connectivity index (χ1n) is 6.27. The predicted octanol–water partition coefficient (Wildman–Crippen LogP) is 0.998. The summed E-state index contributed by atoms with van der Waals surface area (Å²) >= 11 is 0. The van der Waals surface area contributed by atoms with Gasteiger partial charge in [-0.2, -0.15) is 0 Å². The smallest absolute Gasteiger partial charge is 0.321 e. The lowest BCUT2D eigenvalue weighted by Crippen LogP contribution is -2.35. The molecule has 0 aromatic carbocycles. The molecule has 1 atom stereocenters. The molecule has 0 saturated heterocycles. The molecule has 0 aromatic rings. The molecule has 6 nitrogen and oxygen atoms in total. The van der Waals surface area contributed by atoms with Crippen molar-refractivity contribution in [3.8, 4) is 0 Å². The number of carbonyl (C=O) groups is 2. The molecule has 19 heavy (non-hydrogen) atoms. The Morgan fingerprint density at radius 2 is 1.95 bits per heavy atom. The van der Waals surface area contributed by atoms with Crippen LogP contribution in [0.4, 0.5) is 0 Å². The summed E-state index contributed by atoms with van der Waals surface area (Å²) in [5.41, 5.74) is -0.604. The average molecular weight is 292 g/mol. The number of carboxylic acids is 1. The summed E-state index contributed by atoms with van der Waals surface area (Å²) in [6.07, 6.45) is 1.88. The molecule has 1 aliphatic rings. The average Bonchev–Trinajstić information content (AvgIpc) is 3.03. The largest absolute Gasteiger partial charge is 0.480 e. The van der Waals surface area contributed by atoms with Crippen molar-refractivity contribution < 1.29 is 27.9 Å². The van der Waals surface area contributed by atoms with Gasteiger partial charge in [0.2, 0.25) is 0 Å². The summed E-state index contributed by atoms with van der Waals surface area (Å²) in [5, 5.41) is 7.65. The van der Waals surface area contributed by atoms with Crippen LogP contribution in [0.2, 0.25) is 0 Å². The van der Waals surface area contributed by atoms with Gasteiger partial charge in [-0.15, -0.1) is 0 Å². The highest BCUT2D eigenvalue weighted by Crippen LogP contribution is 2.50. The summed E-state index contributed by atoms with van der Waals surface area (Å²) in [7, 11) is -2.49. The molecule has 0 heterocycles. The van der Waals surface area contributed by atoms with Crippen LogP contribution in [0.3, 0.4) is 0 Å². The molecule has 1 unspecified atom stereocenters. The molecule has 7 heteroatoms. The van der Waals surface area contributed by atoms with Crippen LogP contribution in [-0.4, -0.2) is 43.6 Å². The summed E-state index contributed by atoms with van der Waals surface area (Å²) in [4.78, 5) is 22.3. The lowest BCUT2D eigenvalue weighted by atomic mass is 10.1. The van der Waals surface area contributed by atoms with Crippen LogP contribution in [0, 0.1) is 5.41 Å². The lowest BCUT2D eigenvalue weighted by molar-refractivity contribution is -0.141. The number of methoxy groups -OCH3 is 1. The standard InChI is InChI=1S/C12H20O6S/c1-3-4-9(11(14)15)19(16,17)8-12(5-6-12)7-10(13)18-2/h9H,3-8H2,1-2H3,(H,14,15). The number of esters is 1. The fourth-order valence-electron chi connectivity index (χ4n) is 2.17. The van der Waals surface area contributed by atoms with Crippen LogP contribution in [0.5, 0.6) is 0 Å². The third-order valence-electron chi connectivity index (χ3n) is 3.47. The summed E-state index contributed by atoms with van der Waals surface area (Å²) in [6.45, 7) is 1.74. The zero-order chi connectivity index (χ0) is 14.7. The lowest BCUT2D eigenvalue weighted by Gasteiger charge is -2.18. The first-order chi connectivity index (χ1) is 8.76. The Bertz CT molecular complexity index is 449. The quantitative estimate of drug-likeness (QED) is 0.670. The van der Waals surface area contributed by atoms with Crippen molar-refractivity contribution in [2.45, 2.75) is 44.3 Å². The van der Waals surface area contributed by atoms with Gasteiger partial charge in [0.25, 0.3) is 0 Å². The number of hydrogen-bond acceptors (Lipinski definition) is 5. The van der Waals surface area contributed by atoms with E-state index in [1.807, 2.05) is 0 Å². The molecule has 0 bridgehead atoms. The number of ether oxygens (including phenoxy) is 1. The third-order valence-corrected chi connectivity index (χ3v) is 5.79. The SMILES string of the molecule is CCCC(C(=O)O)S(=O)(=O)CC1(CC(=O)OC)CC1. The first kappa shape index (κ1) is 15.9. The van der Waals surface area contributed by atoms with E-state index in [9.17, 15) is 18.0 Å². The minimum atomic E-state index is -3.74. The zero-order valence-corrected chi connectivity index (χ0v) is 12.0. The minimum absolute atomic E-state index is 0.0429. The molecule has 0 amide bonds. The van der Waals surface area contributed by atoms with E-state index in [0.29, 0.717) is 19.3 Å². The molecule has 1 N–H and O–H groups in total. The monoisotopic (exact) mass is 292 g/mol. The summed E-state index contributed by atoms with van der Waals surface area (Å²) in [6, 6.07) is 0. The number of carboxylic acid groups (broad SMARTS) is 1. The van der Waals surface area contributed by atoms with E-state index in [4.69, 9.17) is 5.11 Å². The summed E-state index contributed by atoms with van der Waals surface area (Å²) in [5.74, 6) is -2.00. The Balaban J connectivity index is 2.78. The zero-order valence-electron chi connectivity index (χ0n) is 11.2. The summed E-state index contributed by atoms with van der Waals surface area (Å²) < 4.78 is 28.9. The van der Waals surface area contributed by atoms with E-state index in [1.54, 1.807) is 6.92 Å². The van der Waals surface area contributed by atoms with Gasteiger partial charge in [0.15, 0.2) is 15.1 Å². The number of carbonyl (C=O) groups excluding carboxylic acids is 1. The van der Waals surface area contributed by atoms with E-state index >= 15 is 0 Å². The van der Waals surface area contributed by atoms with Gasteiger partial charge in [0, 0.05) is 0 Å². The van der Waals surface area contributed by atoms with Gasteiger partial charge in [-0.1, -0.05) is 13.3 Å². The van der Waals surface area contributed by atoms with E-state index in [0.717, 1.165) is 0 Å². The topological polar surface area (TPSA) is 97.7 Å². The molecule has 1 saturated carbocycles. The van der Waals surface area contributed by atoms with Crippen molar-refractivity contribution in [2.75, 3.05) is 12.9 Å². The minimum Gasteiger partial charge on any atom is -0.480 e. The highest BCUT2D eigenvalue weighted by atomic mass is 32.2. The molecule has 1 fully saturated rings. The molecule has 110 valence electrons. The van der Waals surface area contributed by atoms with Crippen molar-refractivity contribution in [1.29, 1.82) is 0 Å². The van der Waals surface area contributed by atoms with Gasteiger partial charge >= 0.3 is 11.9 Å². The third kappa shape index (κ3) is 4.19. The maximum atomic E-state index is 12.2. The number of hydrogen-bond donors (Lipinski definition) is 1. The Morgan fingerprint density at radius 3 is 2.32 bits per heavy atom. The maximum absolute atomic E-state index is 12.2. The highest BCUT2D eigenvalue weighted by Gasteiger charge is 2.50. The number of sulfone groups is 1. The predicted molar refractivity (Wildman–Crippen MR) is 68.4 cm³/mol. The van der Waals surface area contributed by atoms with E-state index < -0.39 is 32.4 Å². The molecule has 1 aliphatic carbocycles. The van der Waals surface area contributed by atoms with Gasteiger partial charge < -0.3 is 9.84 Å². The van der Waals surface area contributed by atoms with Crippen molar-refractivity contribution in [1.82, 2.24) is 0 Å². The second-order valence-corrected chi connectivity index (χ2v) is 7.36. The second-order valence-electron chi connectivity index (χ2n) is 5.18. The van der Waals surface area contributed by atoms with Crippen LogP contribution in [0.25, 0.3) is 0 Å². The van der Waals surface area contributed by atoms with Crippen LogP contribution < -0.4 is 0 Å². The van der Waals surface area contributed by atoms with Crippen LogP contribution >= 0.6 is 0 Å². The fourth-order valence-corrected chi connectivity index (χ4v) is 4.52. The van der Waals surface area contributed by atoms with Crippen LogP contribution in [0.15, 0.2) is 0 Å². The van der Waals surface area contributed by atoms with Gasteiger partial charge in [0.05, 0.1) is 19.3 Å². The molecule has 0 spiro atoms. The van der Waals surface area contributed by atoms with Crippen molar-refractivity contribution in [3.05, 3.63) is 0 Å². The van der Waals surface area contributed by atoms with Gasteiger partial charge in [0.1, 0.15) is 0 Å². The number of rotatable bonds is 8. The molecule has 0 radical (unpaired) electrons.